The number of hydrogen-bond acceptors (Lipinski definition) is 5. The van der Waals surface area contributed by atoms with Crippen molar-refractivity contribution in [2.24, 2.45) is 11.8 Å². The zero-order chi connectivity index (χ0) is 24.1. The predicted molar refractivity (Wildman–Crippen MR) is 135 cm³/mol. The van der Waals surface area contributed by atoms with Crippen LogP contribution in [-0.2, 0) is 6.42 Å². The van der Waals surface area contributed by atoms with E-state index in [2.05, 4.69) is 28.7 Å². The van der Waals surface area contributed by atoms with Crippen molar-refractivity contribution in [2.75, 3.05) is 30.9 Å². The van der Waals surface area contributed by atoms with E-state index in [1.807, 2.05) is 42.9 Å². The Morgan fingerprint density at radius 3 is 2.26 bits per heavy atom. The molecule has 0 N–H and O–H groups in total. The van der Waals surface area contributed by atoms with Gasteiger partial charge in [0, 0.05) is 30.4 Å². The Balaban J connectivity index is 1.33. The van der Waals surface area contributed by atoms with E-state index < -0.39 is 11.6 Å². The van der Waals surface area contributed by atoms with Gasteiger partial charge in [0.05, 0.1) is 6.61 Å². The van der Waals surface area contributed by atoms with E-state index in [0.29, 0.717) is 18.1 Å². The molecule has 34 heavy (non-hydrogen) atoms. The molecule has 1 saturated carbocycles. The van der Waals surface area contributed by atoms with Crippen LogP contribution in [-0.4, -0.2) is 35.9 Å². The van der Waals surface area contributed by atoms with Gasteiger partial charge in [-0.05, 0) is 78.8 Å². The predicted octanol–water partition coefficient (Wildman–Crippen LogP) is 6.64. The molecular weight excluding hydrogens is 452 g/mol. The summed E-state index contributed by atoms with van der Waals surface area (Å²) >= 11 is 1.62. The molecule has 7 heteroatoms. The third-order valence-electron chi connectivity index (χ3n) is 6.28. The van der Waals surface area contributed by atoms with Gasteiger partial charge in [-0.1, -0.05) is 25.5 Å². The minimum Gasteiger partial charge on any atom is -0.487 e. The van der Waals surface area contributed by atoms with Crippen LogP contribution in [0, 0.1) is 23.5 Å². The van der Waals surface area contributed by atoms with Gasteiger partial charge in [-0.2, -0.15) is 0 Å². The third-order valence-corrected chi connectivity index (χ3v) is 7.03. The van der Waals surface area contributed by atoms with Gasteiger partial charge in [0.15, 0.2) is 17.4 Å². The van der Waals surface area contributed by atoms with Crippen LogP contribution in [0.25, 0.3) is 11.1 Å². The van der Waals surface area contributed by atoms with E-state index in [-0.39, 0.29) is 11.7 Å². The molecule has 1 fully saturated rings. The van der Waals surface area contributed by atoms with E-state index in [0.717, 1.165) is 54.3 Å². The van der Waals surface area contributed by atoms with Crippen LogP contribution in [0.15, 0.2) is 53.7 Å². The van der Waals surface area contributed by atoms with Crippen molar-refractivity contribution >= 4 is 17.7 Å². The van der Waals surface area contributed by atoms with Crippen molar-refractivity contribution in [1.29, 1.82) is 0 Å². The normalized spacial score (nSPS) is 17.0. The van der Waals surface area contributed by atoms with E-state index in [4.69, 9.17) is 4.74 Å². The summed E-state index contributed by atoms with van der Waals surface area (Å²) in [6, 6.07) is 10.3. The Morgan fingerprint density at radius 1 is 1.00 bits per heavy atom. The number of nitrogens with zero attached hydrogens (tertiary/aromatic N) is 3. The van der Waals surface area contributed by atoms with Crippen molar-refractivity contribution < 1.29 is 13.5 Å². The van der Waals surface area contributed by atoms with Crippen LogP contribution in [0.3, 0.4) is 0 Å². The number of aromatic nitrogens is 2. The molecule has 4 nitrogen and oxygen atoms in total. The summed E-state index contributed by atoms with van der Waals surface area (Å²) in [7, 11) is 0. The van der Waals surface area contributed by atoms with Gasteiger partial charge in [-0.3, -0.25) is 0 Å². The van der Waals surface area contributed by atoms with Crippen molar-refractivity contribution in [3.05, 3.63) is 66.0 Å². The Kier molecular flexibility index (Phi) is 8.03. The van der Waals surface area contributed by atoms with Gasteiger partial charge < -0.3 is 9.64 Å². The molecule has 3 aromatic rings. The number of aryl methyl sites for hydroxylation is 1. The topological polar surface area (TPSA) is 38.2 Å². The fourth-order valence-electron chi connectivity index (χ4n) is 4.14. The minimum atomic E-state index is -0.670. The van der Waals surface area contributed by atoms with E-state index in [9.17, 15) is 8.78 Å². The van der Waals surface area contributed by atoms with Crippen LogP contribution in [0.2, 0.25) is 0 Å². The average molecular weight is 484 g/mol. The highest BCUT2D eigenvalue weighted by Crippen LogP contribution is 2.40. The Bertz CT molecular complexity index is 1070. The summed E-state index contributed by atoms with van der Waals surface area (Å²) < 4.78 is 35.0. The molecule has 1 aromatic heterocycles. The third kappa shape index (κ3) is 5.87. The summed E-state index contributed by atoms with van der Waals surface area (Å²) in [5.41, 5.74) is 2.42. The van der Waals surface area contributed by atoms with Crippen LogP contribution in [0.4, 0.5) is 14.7 Å². The summed E-state index contributed by atoms with van der Waals surface area (Å²) in [5, 5.41) is 0. The minimum absolute atomic E-state index is 0.269. The average Bonchev–Trinajstić information content (AvgIpc) is 3.60. The summed E-state index contributed by atoms with van der Waals surface area (Å²) in [6.45, 7) is 6.14. The monoisotopic (exact) mass is 483 g/mol. The Morgan fingerprint density at radius 2 is 1.68 bits per heavy atom. The molecule has 1 heterocycles. The van der Waals surface area contributed by atoms with Gasteiger partial charge in [0.2, 0.25) is 5.95 Å². The maximum atomic E-state index is 14.7. The van der Waals surface area contributed by atoms with Crippen molar-refractivity contribution in [2.45, 2.75) is 38.0 Å². The zero-order valence-electron chi connectivity index (χ0n) is 19.9. The molecule has 1 aliphatic rings. The second-order valence-electron chi connectivity index (χ2n) is 8.74. The van der Waals surface area contributed by atoms with E-state index in [1.165, 1.54) is 12.1 Å². The molecule has 1 aliphatic carbocycles. The molecule has 0 radical (unpaired) electrons. The zero-order valence-corrected chi connectivity index (χ0v) is 20.7. The Hall–Kier alpha value is -2.67. The Labute approximate surface area is 204 Å². The lowest BCUT2D eigenvalue weighted by atomic mass is 10.1. The number of anilines is 1. The van der Waals surface area contributed by atoms with Gasteiger partial charge in [-0.25, -0.2) is 18.7 Å². The first-order valence-electron chi connectivity index (χ1n) is 11.8. The van der Waals surface area contributed by atoms with Crippen LogP contribution >= 0.6 is 11.8 Å². The molecule has 2 aromatic carbocycles. The fraction of sp³-hybridized carbons (Fsp3) is 0.407. The molecule has 0 spiro atoms. The van der Waals surface area contributed by atoms with Gasteiger partial charge in [-0.15, -0.1) is 11.8 Å². The smallest absolute Gasteiger partial charge is 0.225 e. The largest absolute Gasteiger partial charge is 0.487 e. The van der Waals surface area contributed by atoms with Crippen molar-refractivity contribution in [3.8, 4) is 16.9 Å². The number of rotatable bonds is 11. The van der Waals surface area contributed by atoms with E-state index in [1.54, 1.807) is 11.8 Å². The van der Waals surface area contributed by atoms with Gasteiger partial charge in [0.25, 0.3) is 0 Å². The maximum Gasteiger partial charge on any atom is 0.225 e. The lowest BCUT2D eigenvalue weighted by Gasteiger charge is -2.21. The standard InChI is InChI=1S/C27H31F2N3OS/c1-4-6-18-14-30-27(31-15-18)32(5-2)16-21-11-22(21)17-33-26-24(28)12-20(13-25(26)29)19-7-9-23(34-3)10-8-19/h7-10,12-15,21-22H,4-6,11,16-17H2,1-3H3/t21?,22-/m1/s1. The molecular formula is C27H31F2N3OS. The molecule has 2 atom stereocenters. The number of benzene rings is 2. The van der Waals surface area contributed by atoms with E-state index >= 15 is 0 Å². The fourth-order valence-corrected chi connectivity index (χ4v) is 4.55. The molecule has 0 saturated heterocycles. The lowest BCUT2D eigenvalue weighted by molar-refractivity contribution is 0.264. The molecule has 1 unspecified atom stereocenters. The lowest BCUT2D eigenvalue weighted by Crippen LogP contribution is -2.28. The highest BCUT2D eigenvalue weighted by Gasteiger charge is 2.39. The van der Waals surface area contributed by atoms with Crippen molar-refractivity contribution in [1.82, 2.24) is 9.97 Å². The SMILES string of the molecule is CCCc1cnc(N(CC)CC2C[C@@H]2COc2c(F)cc(-c3ccc(SC)cc3)cc2F)nc1. The molecule has 180 valence electrons. The second kappa shape index (κ2) is 11.2. The first-order valence-corrected chi connectivity index (χ1v) is 13.1. The number of halogens is 2. The van der Waals surface area contributed by atoms with Crippen LogP contribution in [0.5, 0.6) is 5.75 Å². The number of ether oxygens (including phenoxy) is 1. The van der Waals surface area contributed by atoms with Crippen molar-refractivity contribution in [3.63, 3.8) is 0 Å². The van der Waals surface area contributed by atoms with Crippen LogP contribution < -0.4 is 9.64 Å². The quantitative estimate of drug-likeness (QED) is 0.286. The number of thioether (sulfide) groups is 1. The maximum absolute atomic E-state index is 14.7. The summed E-state index contributed by atoms with van der Waals surface area (Å²) in [4.78, 5) is 12.3. The van der Waals surface area contributed by atoms with Crippen LogP contribution in [0.1, 0.15) is 32.3 Å². The molecule has 0 aliphatic heterocycles. The summed E-state index contributed by atoms with van der Waals surface area (Å²) in [5.74, 6) is -0.233. The van der Waals surface area contributed by atoms with Gasteiger partial charge in [0.1, 0.15) is 0 Å². The molecule has 0 amide bonds. The highest BCUT2D eigenvalue weighted by atomic mass is 32.2. The highest BCUT2D eigenvalue weighted by molar-refractivity contribution is 7.98. The van der Waals surface area contributed by atoms with Gasteiger partial charge >= 0.3 is 0 Å². The second-order valence-corrected chi connectivity index (χ2v) is 9.62. The summed E-state index contributed by atoms with van der Waals surface area (Å²) in [6.07, 6.45) is 8.80. The number of hydrogen-bond donors (Lipinski definition) is 0. The first kappa shape index (κ1) is 24.5. The first-order chi connectivity index (χ1) is 16.5. The molecule has 4 rings (SSSR count). The molecule has 0 bridgehead atoms.